The molecule has 0 saturated carbocycles. The van der Waals surface area contributed by atoms with Crippen LogP contribution in [0.25, 0.3) is 22.0 Å². The van der Waals surface area contributed by atoms with Crippen molar-refractivity contribution < 1.29 is 22.7 Å². The van der Waals surface area contributed by atoms with Crippen LogP contribution in [0.5, 0.6) is 5.75 Å². The first-order valence-electron chi connectivity index (χ1n) is 9.98. The number of nitrogens with one attached hydrogen (secondary N) is 1. The predicted molar refractivity (Wildman–Crippen MR) is 115 cm³/mol. The third-order valence-corrected chi connectivity index (χ3v) is 5.77. The average molecular weight is 437 g/mol. The zero-order valence-electron chi connectivity index (χ0n) is 17.0. The second kappa shape index (κ2) is 7.40. The SMILES string of the molecule is COc1cc2c(cc1C(F)(F)F)N(C(=O)c1c[nH]c3ccc(-c4ccncc4)cc13)CC2. The van der Waals surface area contributed by atoms with Gasteiger partial charge in [0.1, 0.15) is 5.75 Å². The number of aromatic nitrogens is 2. The van der Waals surface area contributed by atoms with E-state index < -0.39 is 11.7 Å². The topological polar surface area (TPSA) is 58.2 Å². The number of ether oxygens (including phenoxy) is 1. The molecule has 0 bridgehead atoms. The van der Waals surface area contributed by atoms with Gasteiger partial charge in [-0.15, -0.1) is 0 Å². The summed E-state index contributed by atoms with van der Waals surface area (Å²) in [5, 5.41) is 0.710. The number of carbonyl (C=O) groups is 1. The Kier molecular flexibility index (Phi) is 4.65. The van der Waals surface area contributed by atoms with E-state index in [1.165, 1.54) is 18.1 Å². The van der Waals surface area contributed by atoms with Gasteiger partial charge in [0.2, 0.25) is 0 Å². The molecule has 2 aromatic heterocycles. The minimum Gasteiger partial charge on any atom is -0.496 e. The fourth-order valence-corrected chi connectivity index (χ4v) is 4.18. The standard InChI is InChI=1S/C24H18F3N3O2/c1-32-22-11-16-6-9-30(21(16)12-19(22)24(25,26)27)23(31)18-13-29-20-3-2-15(10-17(18)20)14-4-7-28-8-5-14/h2-5,7-8,10-13,29H,6,9H2,1H3. The molecule has 0 saturated heterocycles. The Bertz CT molecular complexity index is 1330. The molecule has 0 aliphatic carbocycles. The number of carbonyl (C=O) groups excluding carboxylic acids is 1. The fourth-order valence-electron chi connectivity index (χ4n) is 4.18. The minimum atomic E-state index is -4.59. The molecule has 0 radical (unpaired) electrons. The zero-order valence-corrected chi connectivity index (χ0v) is 17.0. The summed E-state index contributed by atoms with van der Waals surface area (Å²) < 4.78 is 45.5. The predicted octanol–water partition coefficient (Wildman–Crippen LogP) is 5.46. The molecular weight excluding hydrogens is 419 g/mol. The summed E-state index contributed by atoms with van der Waals surface area (Å²) in [4.78, 5) is 22.0. The summed E-state index contributed by atoms with van der Waals surface area (Å²) in [5.41, 5.74) is 3.08. The first kappa shape index (κ1) is 20.1. The second-order valence-corrected chi connectivity index (χ2v) is 7.58. The van der Waals surface area contributed by atoms with Crippen LogP contribution in [0.3, 0.4) is 0 Å². The van der Waals surface area contributed by atoms with E-state index in [9.17, 15) is 18.0 Å². The highest BCUT2D eigenvalue weighted by atomic mass is 19.4. The average Bonchev–Trinajstić information content (AvgIpc) is 3.41. The van der Waals surface area contributed by atoms with E-state index >= 15 is 0 Å². The van der Waals surface area contributed by atoms with Crippen LogP contribution < -0.4 is 9.64 Å². The van der Waals surface area contributed by atoms with E-state index in [4.69, 9.17) is 4.74 Å². The molecule has 5 rings (SSSR count). The number of aromatic amines is 1. The lowest BCUT2D eigenvalue weighted by atomic mass is 10.0. The quantitative estimate of drug-likeness (QED) is 0.463. The summed E-state index contributed by atoms with van der Waals surface area (Å²) in [6, 6.07) is 11.9. The van der Waals surface area contributed by atoms with Crippen molar-refractivity contribution in [2.45, 2.75) is 12.6 Å². The van der Waals surface area contributed by atoms with Gasteiger partial charge in [0.15, 0.2) is 0 Å². The van der Waals surface area contributed by atoms with E-state index in [0.717, 1.165) is 22.7 Å². The molecule has 3 heterocycles. The van der Waals surface area contributed by atoms with Crippen LogP contribution in [-0.2, 0) is 12.6 Å². The summed E-state index contributed by atoms with van der Waals surface area (Å²) >= 11 is 0. The second-order valence-electron chi connectivity index (χ2n) is 7.58. The van der Waals surface area contributed by atoms with Gasteiger partial charge < -0.3 is 14.6 Å². The molecule has 5 nitrogen and oxygen atoms in total. The first-order valence-corrected chi connectivity index (χ1v) is 9.98. The number of pyridine rings is 1. The number of hydrogen-bond donors (Lipinski definition) is 1. The third kappa shape index (κ3) is 3.28. The van der Waals surface area contributed by atoms with Crippen molar-refractivity contribution >= 4 is 22.5 Å². The number of amides is 1. The lowest BCUT2D eigenvalue weighted by Gasteiger charge is -2.20. The van der Waals surface area contributed by atoms with Gasteiger partial charge in [-0.05, 0) is 59.5 Å². The van der Waals surface area contributed by atoms with Gasteiger partial charge in [0, 0.05) is 41.7 Å². The molecule has 1 aliphatic rings. The number of benzene rings is 2. The van der Waals surface area contributed by atoms with Crippen LogP contribution >= 0.6 is 0 Å². The number of nitrogens with zero attached hydrogens (tertiary/aromatic N) is 2. The number of fused-ring (bicyclic) bond motifs is 2. The molecule has 1 N–H and O–H groups in total. The molecule has 0 fully saturated rings. The summed E-state index contributed by atoms with van der Waals surface area (Å²) in [5.74, 6) is -0.584. The largest absolute Gasteiger partial charge is 0.496 e. The lowest BCUT2D eigenvalue weighted by Crippen LogP contribution is -2.29. The van der Waals surface area contributed by atoms with Gasteiger partial charge in [-0.3, -0.25) is 9.78 Å². The van der Waals surface area contributed by atoms with Gasteiger partial charge in [-0.1, -0.05) is 6.07 Å². The smallest absolute Gasteiger partial charge is 0.420 e. The summed E-state index contributed by atoms with van der Waals surface area (Å²) in [6.07, 6.45) is 0.861. The number of H-pyrrole nitrogens is 1. The van der Waals surface area contributed by atoms with E-state index in [0.29, 0.717) is 29.5 Å². The van der Waals surface area contributed by atoms with E-state index in [1.54, 1.807) is 18.6 Å². The Labute approximate surface area is 181 Å². The van der Waals surface area contributed by atoms with Crippen molar-refractivity contribution in [1.82, 2.24) is 9.97 Å². The van der Waals surface area contributed by atoms with Crippen LogP contribution in [0.1, 0.15) is 21.5 Å². The third-order valence-electron chi connectivity index (χ3n) is 5.77. The number of hydrogen-bond acceptors (Lipinski definition) is 3. The molecule has 0 atom stereocenters. The Hall–Kier alpha value is -3.81. The molecule has 1 amide bonds. The van der Waals surface area contributed by atoms with Crippen LogP contribution in [0, 0.1) is 0 Å². The number of halogens is 3. The Morgan fingerprint density at radius 3 is 2.59 bits per heavy atom. The van der Waals surface area contributed by atoms with Gasteiger partial charge in [0.05, 0.1) is 18.2 Å². The van der Waals surface area contributed by atoms with Crippen molar-refractivity contribution in [2.75, 3.05) is 18.6 Å². The molecule has 0 unspecified atom stereocenters. The number of methoxy groups -OCH3 is 1. The summed E-state index contributed by atoms with van der Waals surface area (Å²) in [6.45, 7) is 0.301. The highest BCUT2D eigenvalue weighted by molar-refractivity contribution is 6.15. The monoisotopic (exact) mass is 437 g/mol. The van der Waals surface area contributed by atoms with Gasteiger partial charge in [0.25, 0.3) is 5.91 Å². The van der Waals surface area contributed by atoms with Gasteiger partial charge >= 0.3 is 6.18 Å². The van der Waals surface area contributed by atoms with Crippen molar-refractivity contribution in [3.8, 4) is 16.9 Å². The van der Waals surface area contributed by atoms with Crippen LogP contribution in [0.2, 0.25) is 0 Å². The normalized spacial score (nSPS) is 13.4. The summed E-state index contributed by atoms with van der Waals surface area (Å²) in [7, 11) is 1.21. The number of anilines is 1. The fraction of sp³-hybridized carbons (Fsp3) is 0.167. The maximum Gasteiger partial charge on any atom is 0.420 e. The maximum absolute atomic E-state index is 13.5. The number of alkyl halides is 3. The number of rotatable bonds is 3. The molecule has 4 aromatic rings. The van der Waals surface area contributed by atoms with Crippen molar-refractivity contribution in [2.24, 2.45) is 0 Å². The van der Waals surface area contributed by atoms with E-state index in [2.05, 4.69) is 9.97 Å². The Morgan fingerprint density at radius 2 is 1.88 bits per heavy atom. The molecule has 2 aromatic carbocycles. The first-order chi connectivity index (χ1) is 15.4. The minimum absolute atomic E-state index is 0.236. The molecule has 8 heteroatoms. The maximum atomic E-state index is 13.5. The molecule has 1 aliphatic heterocycles. The highest BCUT2D eigenvalue weighted by Crippen LogP contribution is 2.42. The molecule has 32 heavy (non-hydrogen) atoms. The van der Waals surface area contributed by atoms with Crippen LogP contribution in [0.15, 0.2) is 61.1 Å². The van der Waals surface area contributed by atoms with E-state index in [-0.39, 0.29) is 17.3 Å². The Balaban J connectivity index is 1.57. The van der Waals surface area contributed by atoms with Crippen LogP contribution in [0.4, 0.5) is 18.9 Å². The molecule has 162 valence electrons. The van der Waals surface area contributed by atoms with Gasteiger partial charge in [-0.2, -0.15) is 13.2 Å². The van der Waals surface area contributed by atoms with Crippen molar-refractivity contribution in [1.29, 1.82) is 0 Å². The van der Waals surface area contributed by atoms with Crippen LogP contribution in [-0.4, -0.2) is 29.5 Å². The molecular formula is C24H18F3N3O2. The highest BCUT2D eigenvalue weighted by Gasteiger charge is 2.38. The van der Waals surface area contributed by atoms with Gasteiger partial charge in [-0.25, -0.2) is 0 Å². The van der Waals surface area contributed by atoms with Crippen molar-refractivity contribution in [3.63, 3.8) is 0 Å². The van der Waals surface area contributed by atoms with E-state index in [1.807, 2.05) is 30.3 Å². The zero-order chi connectivity index (χ0) is 22.5. The molecule has 0 spiro atoms. The lowest BCUT2D eigenvalue weighted by molar-refractivity contribution is -0.138. The Morgan fingerprint density at radius 1 is 1.09 bits per heavy atom. The van der Waals surface area contributed by atoms with Crippen molar-refractivity contribution in [3.05, 3.63) is 77.7 Å².